The summed E-state index contributed by atoms with van der Waals surface area (Å²) in [4.78, 5) is 2.43. The highest BCUT2D eigenvalue weighted by molar-refractivity contribution is 5.33. The van der Waals surface area contributed by atoms with Gasteiger partial charge >= 0.3 is 0 Å². The molecule has 1 heterocycles. The van der Waals surface area contributed by atoms with Crippen LogP contribution in [0, 0.1) is 5.92 Å². The van der Waals surface area contributed by atoms with Crippen LogP contribution in [-0.2, 0) is 6.54 Å². The second-order valence-corrected chi connectivity index (χ2v) is 5.44. The summed E-state index contributed by atoms with van der Waals surface area (Å²) in [5, 5.41) is 3.58. The van der Waals surface area contributed by atoms with Crippen LogP contribution in [0.25, 0.3) is 0 Å². The van der Waals surface area contributed by atoms with Crippen LogP contribution in [0.4, 0.5) is 0 Å². The van der Waals surface area contributed by atoms with E-state index < -0.39 is 0 Å². The van der Waals surface area contributed by atoms with Gasteiger partial charge in [0, 0.05) is 18.7 Å². The molecule has 1 N–H and O–H groups in total. The van der Waals surface area contributed by atoms with E-state index in [0.29, 0.717) is 0 Å². The molecule has 0 aromatic heterocycles. The fourth-order valence-corrected chi connectivity index (χ4v) is 2.80. The van der Waals surface area contributed by atoms with E-state index in [-0.39, 0.29) is 0 Å². The van der Waals surface area contributed by atoms with Crippen LogP contribution in [0.5, 0.6) is 5.75 Å². The van der Waals surface area contributed by atoms with Gasteiger partial charge in [-0.05, 0) is 51.9 Å². The molecule has 1 atom stereocenters. The van der Waals surface area contributed by atoms with Crippen LogP contribution in [0.1, 0.15) is 25.3 Å². The maximum atomic E-state index is 5.65. The second-order valence-electron chi connectivity index (χ2n) is 5.44. The first-order valence-corrected chi connectivity index (χ1v) is 7.39. The quantitative estimate of drug-likeness (QED) is 0.852. The third-order valence-electron chi connectivity index (χ3n) is 3.74. The van der Waals surface area contributed by atoms with Crippen molar-refractivity contribution in [2.75, 3.05) is 33.3 Å². The highest BCUT2D eigenvalue weighted by Crippen LogP contribution is 2.18. The van der Waals surface area contributed by atoms with Crippen molar-refractivity contribution in [2.24, 2.45) is 5.92 Å². The van der Waals surface area contributed by atoms with E-state index in [1.165, 1.54) is 31.5 Å². The normalized spacial score (nSPS) is 20.4. The number of para-hydroxylation sites is 1. The Bertz CT molecular complexity index is 381. The van der Waals surface area contributed by atoms with Crippen molar-refractivity contribution in [3.63, 3.8) is 0 Å². The lowest BCUT2D eigenvalue weighted by atomic mass is 9.98. The molecule has 0 spiro atoms. The average molecular weight is 262 g/mol. The first kappa shape index (κ1) is 14.4. The van der Waals surface area contributed by atoms with Gasteiger partial charge in [0.15, 0.2) is 0 Å². The van der Waals surface area contributed by atoms with E-state index in [1.807, 2.05) is 13.0 Å². The molecule has 0 saturated carbocycles. The number of benzene rings is 1. The Labute approximate surface area is 116 Å². The fraction of sp³-hybridized carbons (Fsp3) is 0.625. The van der Waals surface area contributed by atoms with Gasteiger partial charge in [-0.1, -0.05) is 18.2 Å². The van der Waals surface area contributed by atoms with Gasteiger partial charge in [-0.2, -0.15) is 0 Å². The van der Waals surface area contributed by atoms with E-state index in [4.69, 9.17) is 4.74 Å². The first-order chi connectivity index (χ1) is 9.29. The lowest BCUT2D eigenvalue weighted by Gasteiger charge is -2.29. The SMILES string of the molecule is CCOc1ccccc1CNC[C@@H]1CCCN(C)C1. The van der Waals surface area contributed by atoms with Gasteiger partial charge in [-0.3, -0.25) is 0 Å². The number of rotatable bonds is 6. The molecule has 1 saturated heterocycles. The summed E-state index contributed by atoms with van der Waals surface area (Å²) in [5.41, 5.74) is 1.26. The lowest BCUT2D eigenvalue weighted by molar-refractivity contribution is 0.206. The number of nitrogens with one attached hydrogen (secondary N) is 1. The largest absolute Gasteiger partial charge is 0.494 e. The lowest BCUT2D eigenvalue weighted by Crippen LogP contribution is -2.37. The van der Waals surface area contributed by atoms with Crippen molar-refractivity contribution in [1.82, 2.24) is 10.2 Å². The number of ether oxygens (including phenoxy) is 1. The smallest absolute Gasteiger partial charge is 0.123 e. The molecule has 0 radical (unpaired) electrons. The van der Waals surface area contributed by atoms with Gasteiger partial charge in [0.25, 0.3) is 0 Å². The van der Waals surface area contributed by atoms with E-state index in [1.54, 1.807) is 0 Å². The Balaban J connectivity index is 1.78. The Kier molecular flexibility index (Phi) is 5.67. The van der Waals surface area contributed by atoms with Gasteiger partial charge in [-0.25, -0.2) is 0 Å². The highest BCUT2D eigenvalue weighted by atomic mass is 16.5. The minimum Gasteiger partial charge on any atom is -0.494 e. The zero-order valence-electron chi connectivity index (χ0n) is 12.2. The van der Waals surface area contributed by atoms with E-state index in [0.717, 1.165) is 31.4 Å². The zero-order valence-corrected chi connectivity index (χ0v) is 12.2. The third-order valence-corrected chi connectivity index (χ3v) is 3.74. The van der Waals surface area contributed by atoms with Crippen molar-refractivity contribution >= 4 is 0 Å². The number of piperidine rings is 1. The Hall–Kier alpha value is -1.06. The molecular weight excluding hydrogens is 236 g/mol. The van der Waals surface area contributed by atoms with Crippen LogP contribution in [0.15, 0.2) is 24.3 Å². The number of hydrogen-bond donors (Lipinski definition) is 1. The van der Waals surface area contributed by atoms with Crippen LogP contribution in [0.3, 0.4) is 0 Å². The summed E-state index contributed by atoms with van der Waals surface area (Å²) in [6, 6.07) is 8.30. The molecule has 0 unspecified atom stereocenters. The number of hydrogen-bond acceptors (Lipinski definition) is 3. The molecule has 1 aromatic carbocycles. The minimum absolute atomic E-state index is 0.727. The van der Waals surface area contributed by atoms with Gasteiger partial charge in [0.1, 0.15) is 5.75 Å². The van der Waals surface area contributed by atoms with Crippen LogP contribution in [-0.4, -0.2) is 38.2 Å². The minimum atomic E-state index is 0.727. The van der Waals surface area contributed by atoms with Crippen LogP contribution in [0.2, 0.25) is 0 Å². The molecule has 2 rings (SSSR count). The standard InChI is InChI=1S/C16H26N2O/c1-3-19-16-9-5-4-8-15(16)12-17-11-14-7-6-10-18(2)13-14/h4-5,8-9,14,17H,3,6-7,10-13H2,1-2H3/t14-/m0/s1. The molecule has 1 aromatic rings. The van der Waals surface area contributed by atoms with Crippen LogP contribution < -0.4 is 10.1 Å². The molecule has 0 amide bonds. The van der Waals surface area contributed by atoms with E-state index in [2.05, 4.69) is 35.5 Å². The van der Waals surface area contributed by atoms with E-state index >= 15 is 0 Å². The predicted molar refractivity (Wildman–Crippen MR) is 79.5 cm³/mol. The Morgan fingerprint density at radius 1 is 1.37 bits per heavy atom. The van der Waals surface area contributed by atoms with Gasteiger partial charge in [-0.15, -0.1) is 0 Å². The average Bonchev–Trinajstić information content (AvgIpc) is 2.41. The van der Waals surface area contributed by atoms with Gasteiger partial charge in [0.05, 0.1) is 6.61 Å². The molecule has 3 nitrogen and oxygen atoms in total. The summed E-state index contributed by atoms with van der Waals surface area (Å²) in [6.45, 7) is 7.23. The van der Waals surface area contributed by atoms with Crippen molar-refractivity contribution < 1.29 is 4.74 Å². The summed E-state index contributed by atoms with van der Waals surface area (Å²) >= 11 is 0. The highest BCUT2D eigenvalue weighted by Gasteiger charge is 2.16. The van der Waals surface area contributed by atoms with Crippen molar-refractivity contribution in [3.8, 4) is 5.75 Å². The molecule has 19 heavy (non-hydrogen) atoms. The van der Waals surface area contributed by atoms with Crippen molar-refractivity contribution in [2.45, 2.75) is 26.3 Å². The first-order valence-electron chi connectivity index (χ1n) is 7.39. The summed E-state index contributed by atoms with van der Waals surface area (Å²) in [6.07, 6.45) is 2.68. The molecule has 3 heteroatoms. The maximum Gasteiger partial charge on any atom is 0.123 e. The summed E-state index contributed by atoms with van der Waals surface area (Å²) in [7, 11) is 2.22. The Morgan fingerprint density at radius 3 is 3.00 bits per heavy atom. The van der Waals surface area contributed by atoms with Gasteiger partial charge in [0.2, 0.25) is 0 Å². The summed E-state index contributed by atoms with van der Waals surface area (Å²) in [5.74, 6) is 1.80. The molecule has 0 bridgehead atoms. The summed E-state index contributed by atoms with van der Waals surface area (Å²) < 4.78 is 5.65. The molecule has 1 aliphatic heterocycles. The van der Waals surface area contributed by atoms with Gasteiger partial charge < -0.3 is 15.0 Å². The number of likely N-dealkylation sites (tertiary alicyclic amines) is 1. The predicted octanol–water partition coefficient (Wildman–Crippen LogP) is 2.52. The monoisotopic (exact) mass is 262 g/mol. The molecular formula is C16H26N2O. The third kappa shape index (κ3) is 4.51. The van der Waals surface area contributed by atoms with Crippen LogP contribution >= 0.6 is 0 Å². The molecule has 0 aliphatic carbocycles. The Morgan fingerprint density at radius 2 is 2.21 bits per heavy atom. The number of nitrogens with zero attached hydrogens (tertiary/aromatic N) is 1. The van der Waals surface area contributed by atoms with Crippen molar-refractivity contribution in [3.05, 3.63) is 29.8 Å². The topological polar surface area (TPSA) is 24.5 Å². The molecule has 106 valence electrons. The van der Waals surface area contributed by atoms with E-state index in [9.17, 15) is 0 Å². The fourth-order valence-electron chi connectivity index (χ4n) is 2.80. The zero-order chi connectivity index (χ0) is 13.5. The maximum absolute atomic E-state index is 5.65. The second kappa shape index (κ2) is 7.51. The molecule has 1 aliphatic rings. The molecule has 1 fully saturated rings. The van der Waals surface area contributed by atoms with Crippen molar-refractivity contribution in [1.29, 1.82) is 0 Å².